The van der Waals surface area contributed by atoms with E-state index in [0.717, 1.165) is 5.56 Å². The molecule has 5 heteroatoms. The number of carboxylic acids is 1. The lowest BCUT2D eigenvalue weighted by Crippen LogP contribution is -2.19. The molecule has 0 heterocycles. The Kier molecular flexibility index (Phi) is 4.65. The van der Waals surface area contributed by atoms with Crippen LogP contribution in [0.1, 0.15) is 21.5 Å². The fraction of sp³-hybridized carbons (Fsp3) is 0.188. The summed E-state index contributed by atoms with van der Waals surface area (Å²) >= 11 is 0. The average Bonchev–Trinajstić information content (AvgIpc) is 2.40. The molecule has 0 spiro atoms. The predicted molar refractivity (Wildman–Crippen MR) is 74.9 cm³/mol. The van der Waals surface area contributed by atoms with Gasteiger partial charge in [-0.2, -0.15) is 0 Å². The lowest BCUT2D eigenvalue weighted by atomic mass is 10.1. The van der Waals surface area contributed by atoms with Crippen molar-refractivity contribution in [1.29, 1.82) is 0 Å². The summed E-state index contributed by atoms with van der Waals surface area (Å²) in [7, 11) is 1.76. The van der Waals surface area contributed by atoms with Crippen molar-refractivity contribution in [1.82, 2.24) is 4.90 Å². The average molecular weight is 291 g/mol. The third-order valence-corrected chi connectivity index (χ3v) is 3.09. The van der Waals surface area contributed by atoms with E-state index >= 15 is 0 Å². The lowest BCUT2D eigenvalue weighted by Gasteiger charge is -2.17. The maximum Gasteiger partial charge on any atom is 0.338 e. The Bertz CT molecular complexity index is 658. The van der Waals surface area contributed by atoms with Crippen LogP contribution in [0, 0.1) is 11.6 Å². The van der Waals surface area contributed by atoms with Crippen LogP contribution in [-0.2, 0) is 13.1 Å². The number of hydrogen-bond donors (Lipinski definition) is 1. The molecule has 0 bridgehead atoms. The number of carbonyl (C=O) groups is 1. The molecular weight excluding hydrogens is 276 g/mol. The Morgan fingerprint density at radius 3 is 2.52 bits per heavy atom. The molecule has 0 aliphatic heterocycles. The number of halogens is 2. The van der Waals surface area contributed by atoms with Crippen molar-refractivity contribution < 1.29 is 18.7 Å². The summed E-state index contributed by atoms with van der Waals surface area (Å²) in [6, 6.07) is 10.5. The summed E-state index contributed by atoms with van der Waals surface area (Å²) in [4.78, 5) is 12.7. The number of hydrogen-bond acceptors (Lipinski definition) is 2. The highest BCUT2D eigenvalue weighted by atomic mass is 19.1. The van der Waals surface area contributed by atoms with Crippen molar-refractivity contribution in [3.63, 3.8) is 0 Å². The molecule has 21 heavy (non-hydrogen) atoms. The second-order valence-corrected chi connectivity index (χ2v) is 4.89. The van der Waals surface area contributed by atoms with Gasteiger partial charge in [0.15, 0.2) is 0 Å². The Hall–Kier alpha value is -2.27. The van der Waals surface area contributed by atoms with Gasteiger partial charge < -0.3 is 5.11 Å². The first kappa shape index (κ1) is 15.1. The summed E-state index contributed by atoms with van der Waals surface area (Å²) in [5.41, 5.74) is 0.729. The second-order valence-electron chi connectivity index (χ2n) is 4.89. The largest absolute Gasteiger partial charge is 0.478 e. The van der Waals surface area contributed by atoms with Gasteiger partial charge in [-0.05, 0) is 30.8 Å². The molecule has 0 amide bonds. The number of benzene rings is 2. The third-order valence-electron chi connectivity index (χ3n) is 3.09. The van der Waals surface area contributed by atoms with Gasteiger partial charge in [0, 0.05) is 18.7 Å². The summed E-state index contributed by atoms with van der Waals surface area (Å²) in [6.45, 7) is 0.679. The minimum atomic E-state index is -1.29. The molecule has 0 saturated carbocycles. The van der Waals surface area contributed by atoms with Gasteiger partial charge >= 0.3 is 5.97 Å². The van der Waals surface area contributed by atoms with Crippen molar-refractivity contribution >= 4 is 5.97 Å². The maximum absolute atomic E-state index is 14.0. The van der Waals surface area contributed by atoms with Crippen molar-refractivity contribution in [3.05, 3.63) is 70.8 Å². The van der Waals surface area contributed by atoms with Gasteiger partial charge in [-0.25, -0.2) is 13.6 Å². The monoisotopic (exact) mass is 291 g/mol. The van der Waals surface area contributed by atoms with Gasteiger partial charge in [-0.3, -0.25) is 4.90 Å². The van der Waals surface area contributed by atoms with E-state index in [1.54, 1.807) is 30.1 Å². The van der Waals surface area contributed by atoms with Crippen LogP contribution in [0.5, 0.6) is 0 Å². The first-order valence-electron chi connectivity index (χ1n) is 6.41. The van der Waals surface area contributed by atoms with Gasteiger partial charge in [0.1, 0.15) is 11.6 Å². The van der Waals surface area contributed by atoms with Gasteiger partial charge in [-0.15, -0.1) is 0 Å². The van der Waals surface area contributed by atoms with Crippen LogP contribution in [0.2, 0.25) is 0 Å². The standard InChI is InChI=1S/C16H15F2NO2/c1-19(9-11-4-2-6-13(17)8-11)10-12-5-3-7-14(15(12)18)16(20)21/h2-8H,9-10H2,1H3,(H,20,21). The molecule has 0 aliphatic rings. The molecule has 0 fully saturated rings. The first-order chi connectivity index (χ1) is 9.97. The van der Waals surface area contributed by atoms with Crippen LogP contribution in [-0.4, -0.2) is 23.0 Å². The molecule has 0 unspecified atom stereocenters. The smallest absolute Gasteiger partial charge is 0.338 e. The minimum Gasteiger partial charge on any atom is -0.478 e. The summed E-state index contributed by atoms with van der Waals surface area (Å²) < 4.78 is 27.1. The van der Waals surface area contributed by atoms with Gasteiger partial charge in [0.25, 0.3) is 0 Å². The summed E-state index contributed by atoms with van der Waals surface area (Å²) in [5.74, 6) is -2.34. The molecule has 0 saturated heterocycles. The molecule has 2 aromatic rings. The summed E-state index contributed by atoms with van der Waals surface area (Å²) in [5, 5.41) is 8.89. The lowest BCUT2D eigenvalue weighted by molar-refractivity contribution is 0.0691. The maximum atomic E-state index is 14.0. The molecule has 1 N–H and O–H groups in total. The van der Waals surface area contributed by atoms with Crippen LogP contribution in [0.15, 0.2) is 42.5 Å². The highest BCUT2D eigenvalue weighted by molar-refractivity contribution is 5.88. The van der Waals surface area contributed by atoms with Crippen LogP contribution >= 0.6 is 0 Å². The third kappa shape index (κ3) is 3.86. The molecular formula is C16H15F2NO2. The number of carboxylic acid groups (broad SMARTS) is 1. The van der Waals surface area contributed by atoms with Crippen LogP contribution in [0.3, 0.4) is 0 Å². The highest BCUT2D eigenvalue weighted by Gasteiger charge is 2.14. The zero-order valence-corrected chi connectivity index (χ0v) is 11.5. The Labute approximate surface area is 121 Å². The molecule has 0 aromatic heterocycles. The van der Waals surface area contributed by atoms with Crippen LogP contribution in [0.25, 0.3) is 0 Å². The molecule has 2 aromatic carbocycles. The SMILES string of the molecule is CN(Cc1cccc(F)c1)Cc1cccc(C(=O)O)c1F. The zero-order valence-electron chi connectivity index (χ0n) is 11.5. The topological polar surface area (TPSA) is 40.5 Å². The van der Waals surface area contributed by atoms with E-state index in [2.05, 4.69) is 0 Å². The molecule has 2 rings (SSSR count). The molecule has 3 nitrogen and oxygen atoms in total. The van der Waals surface area contributed by atoms with E-state index in [4.69, 9.17) is 5.11 Å². The molecule has 110 valence electrons. The highest BCUT2D eigenvalue weighted by Crippen LogP contribution is 2.16. The van der Waals surface area contributed by atoms with Gasteiger partial charge in [-0.1, -0.05) is 24.3 Å². The van der Waals surface area contributed by atoms with E-state index in [1.807, 2.05) is 0 Å². The van der Waals surface area contributed by atoms with E-state index in [-0.39, 0.29) is 17.9 Å². The fourth-order valence-corrected chi connectivity index (χ4v) is 2.16. The van der Waals surface area contributed by atoms with E-state index in [9.17, 15) is 13.6 Å². The fourth-order valence-electron chi connectivity index (χ4n) is 2.16. The van der Waals surface area contributed by atoms with E-state index in [0.29, 0.717) is 12.1 Å². The normalized spacial score (nSPS) is 10.9. The number of rotatable bonds is 5. The minimum absolute atomic E-state index is 0.240. The van der Waals surface area contributed by atoms with Crippen molar-refractivity contribution in [2.24, 2.45) is 0 Å². The van der Waals surface area contributed by atoms with E-state index < -0.39 is 11.8 Å². The first-order valence-corrected chi connectivity index (χ1v) is 6.41. The predicted octanol–water partition coefficient (Wildman–Crippen LogP) is 3.30. The Balaban J connectivity index is 2.11. The number of nitrogens with zero attached hydrogens (tertiary/aromatic N) is 1. The zero-order chi connectivity index (χ0) is 15.4. The molecule has 0 atom stereocenters. The van der Waals surface area contributed by atoms with Crippen LogP contribution < -0.4 is 0 Å². The molecule has 0 radical (unpaired) electrons. The Morgan fingerprint density at radius 2 is 1.86 bits per heavy atom. The molecule has 0 aliphatic carbocycles. The number of aromatic carboxylic acids is 1. The van der Waals surface area contributed by atoms with Gasteiger partial charge in [0.05, 0.1) is 5.56 Å². The second kappa shape index (κ2) is 6.45. The van der Waals surface area contributed by atoms with Crippen molar-refractivity contribution in [3.8, 4) is 0 Å². The van der Waals surface area contributed by atoms with Crippen LogP contribution in [0.4, 0.5) is 8.78 Å². The Morgan fingerprint density at radius 1 is 1.14 bits per heavy atom. The summed E-state index contributed by atoms with van der Waals surface area (Å²) in [6.07, 6.45) is 0. The van der Waals surface area contributed by atoms with Gasteiger partial charge in [0.2, 0.25) is 0 Å². The van der Waals surface area contributed by atoms with E-state index in [1.165, 1.54) is 24.3 Å². The van der Waals surface area contributed by atoms with Crippen molar-refractivity contribution in [2.75, 3.05) is 7.05 Å². The quantitative estimate of drug-likeness (QED) is 0.919. The van der Waals surface area contributed by atoms with Crippen molar-refractivity contribution in [2.45, 2.75) is 13.1 Å².